The molecule has 1 aliphatic heterocycles. The lowest BCUT2D eigenvalue weighted by atomic mass is 10.2. The van der Waals surface area contributed by atoms with E-state index in [9.17, 15) is 4.39 Å². The molecule has 0 unspecified atom stereocenters. The van der Waals surface area contributed by atoms with Crippen molar-refractivity contribution >= 4 is 18.3 Å². The molecule has 0 aromatic heterocycles. The van der Waals surface area contributed by atoms with E-state index in [0.717, 1.165) is 50.6 Å². The highest BCUT2D eigenvalue weighted by Gasteiger charge is 2.16. The van der Waals surface area contributed by atoms with Crippen molar-refractivity contribution in [3.05, 3.63) is 30.1 Å². The number of thiol groups is 1. The first-order valence-electron chi connectivity index (χ1n) is 6.13. The summed E-state index contributed by atoms with van der Waals surface area (Å²) in [5.74, 6) is 0.791. The van der Waals surface area contributed by atoms with Crippen molar-refractivity contribution in [3.63, 3.8) is 0 Å². The van der Waals surface area contributed by atoms with E-state index >= 15 is 0 Å². The van der Waals surface area contributed by atoms with E-state index in [0.29, 0.717) is 0 Å². The number of piperazine rings is 1. The first-order chi connectivity index (χ1) is 8.29. The Morgan fingerprint density at radius 1 is 1.06 bits per heavy atom. The van der Waals surface area contributed by atoms with Crippen LogP contribution in [-0.4, -0.2) is 43.4 Å². The molecule has 0 atom stereocenters. The minimum atomic E-state index is -0.166. The molecule has 2 nitrogen and oxygen atoms in total. The Morgan fingerprint density at radius 2 is 1.71 bits per heavy atom. The molecule has 0 radical (unpaired) electrons. The van der Waals surface area contributed by atoms with Crippen molar-refractivity contribution in [1.82, 2.24) is 4.90 Å². The zero-order valence-corrected chi connectivity index (χ0v) is 10.9. The van der Waals surface area contributed by atoms with Gasteiger partial charge in [-0.15, -0.1) is 0 Å². The highest BCUT2D eigenvalue weighted by molar-refractivity contribution is 7.80. The number of hydrogen-bond donors (Lipinski definition) is 1. The number of halogens is 1. The van der Waals surface area contributed by atoms with E-state index in [2.05, 4.69) is 22.4 Å². The molecule has 2 rings (SSSR count). The van der Waals surface area contributed by atoms with Gasteiger partial charge in [0.05, 0.1) is 0 Å². The van der Waals surface area contributed by atoms with Crippen molar-refractivity contribution in [2.24, 2.45) is 0 Å². The molecule has 1 aromatic rings. The lowest BCUT2D eigenvalue weighted by molar-refractivity contribution is 0.259. The molecular formula is C13H19FN2S. The van der Waals surface area contributed by atoms with Gasteiger partial charge in [-0.1, -0.05) is 0 Å². The van der Waals surface area contributed by atoms with E-state index in [1.807, 2.05) is 12.1 Å². The van der Waals surface area contributed by atoms with Crippen molar-refractivity contribution in [3.8, 4) is 0 Å². The highest BCUT2D eigenvalue weighted by Crippen LogP contribution is 2.16. The summed E-state index contributed by atoms with van der Waals surface area (Å²) in [6, 6.07) is 6.78. The van der Waals surface area contributed by atoms with Gasteiger partial charge in [0.15, 0.2) is 0 Å². The fourth-order valence-electron chi connectivity index (χ4n) is 2.18. The Hall–Kier alpha value is -0.740. The van der Waals surface area contributed by atoms with Gasteiger partial charge in [-0.2, -0.15) is 12.6 Å². The van der Waals surface area contributed by atoms with E-state index in [1.54, 1.807) is 0 Å². The largest absolute Gasteiger partial charge is 0.369 e. The number of nitrogens with zero attached hydrogens (tertiary/aromatic N) is 2. The van der Waals surface area contributed by atoms with E-state index in [-0.39, 0.29) is 5.82 Å². The monoisotopic (exact) mass is 254 g/mol. The normalized spacial score (nSPS) is 17.4. The average molecular weight is 254 g/mol. The maximum Gasteiger partial charge on any atom is 0.123 e. The summed E-state index contributed by atoms with van der Waals surface area (Å²) in [7, 11) is 0. The number of anilines is 1. The van der Waals surface area contributed by atoms with Crippen LogP contribution in [0.5, 0.6) is 0 Å². The summed E-state index contributed by atoms with van der Waals surface area (Å²) >= 11 is 4.23. The lowest BCUT2D eigenvalue weighted by Crippen LogP contribution is -2.46. The Labute approximate surface area is 108 Å². The van der Waals surface area contributed by atoms with Crippen LogP contribution in [0, 0.1) is 5.82 Å². The summed E-state index contributed by atoms with van der Waals surface area (Å²) < 4.78 is 12.8. The van der Waals surface area contributed by atoms with E-state index < -0.39 is 0 Å². The first-order valence-corrected chi connectivity index (χ1v) is 6.76. The highest BCUT2D eigenvalue weighted by atomic mass is 32.1. The number of benzene rings is 1. The molecule has 4 heteroatoms. The Kier molecular flexibility index (Phi) is 4.68. The van der Waals surface area contributed by atoms with Crippen LogP contribution in [-0.2, 0) is 0 Å². The van der Waals surface area contributed by atoms with Crippen LogP contribution in [0.15, 0.2) is 24.3 Å². The SMILES string of the molecule is Fc1ccc(N2CCN(CCCS)CC2)cc1. The van der Waals surface area contributed by atoms with Crippen LogP contribution in [0.2, 0.25) is 0 Å². The lowest BCUT2D eigenvalue weighted by Gasteiger charge is -2.36. The third kappa shape index (κ3) is 3.61. The van der Waals surface area contributed by atoms with Gasteiger partial charge >= 0.3 is 0 Å². The summed E-state index contributed by atoms with van der Waals surface area (Å²) in [5, 5.41) is 0. The van der Waals surface area contributed by atoms with Gasteiger partial charge in [0.25, 0.3) is 0 Å². The smallest absolute Gasteiger partial charge is 0.123 e. The molecule has 1 aromatic carbocycles. The van der Waals surface area contributed by atoms with Crippen LogP contribution in [0.3, 0.4) is 0 Å². The molecule has 0 saturated carbocycles. The summed E-state index contributed by atoms with van der Waals surface area (Å²) in [4.78, 5) is 4.78. The second-order valence-electron chi connectivity index (χ2n) is 4.38. The molecule has 0 N–H and O–H groups in total. The fourth-order valence-corrected chi connectivity index (χ4v) is 2.32. The average Bonchev–Trinajstić information content (AvgIpc) is 2.38. The Morgan fingerprint density at radius 3 is 2.29 bits per heavy atom. The van der Waals surface area contributed by atoms with Crippen LogP contribution in [0.1, 0.15) is 6.42 Å². The van der Waals surface area contributed by atoms with Crippen LogP contribution < -0.4 is 4.90 Å². The zero-order chi connectivity index (χ0) is 12.1. The number of rotatable bonds is 4. The molecule has 0 amide bonds. The van der Waals surface area contributed by atoms with Gasteiger partial charge in [-0.3, -0.25) is 4.90 Å². The van der Waals surface area contributed by atoms with Crippen molar-refractivity contribution in [2.75, 3.05) is 43.4 Å². The summed E-state index contributed by atoms with van der Waals surface area (Å²) in [6.07, 6.45) is 1.15. The van der Waals surface area contributed by atoms with Crippen molar-refractivity contribution in [2.45, 2.75) is 6.42 Å². The minimum Gasteiger partial charge on any atom is -0.369 e. The van der Waals surface area contributed by atoms with Gasteiger partial charge in [-0.05, 0) is 43.0 Å². The Balaban J connectivity index is 1.84. The van der Waals surface area contributed by atoms with Gasteiger partial charge in [0, 0.05) is 31.9 Å². The predicted octanol–water partition coefficient (Wildman–Crippen LogP) is 2.27. The summed E-state index contributed by atoms with van der Waals surface area (Å²) in [5.41, 5.74) is 1.13. The molecular weight excluding hydrogens is 235 g/mol. The number of hydrogen-bond acceptors (Lipinski definition) is 3. The second kappa shape index (κ2) is 6.26. The van der Waals surface area contributed by atoms with Crippen LogP contribution in [0.25, 0.3) is 0 Å². The van der Waals surface area contributed by atoms with Gasteiger partial charge in [-0.25, -0.2) is 4.39 Å². The molecule has 1 aliphatic rings. The first kappa shape index (κ1) is 12.7. The topological polar surface area (TPSA) is 6.48 Å². The maximum atomic E-state index is 12.8. The van der Waals surface area contributed by atoms with Gasteiger partial charge in [0.2, 0.25) is 0 Å². The third-order valence-electron chi connectivity index (χ3n) is 3.20. The molecule has 1 saturated heterocycles. The van der Waals surface area contributed by atoms with E-state index in [1.165, 1.54) is 12.1 Å². The third-order valence-corrected chi connectivity index (χ3v) is 3.51. The second-order valence-corrected chi connectivity index (χ2v) is 4.83. The maximum absolute atomic E-state index is 12.8. The molecule has 94 valence electrons. The quantitative estimate of drug-likeness (QED) is 0.824. The molecule has 1 fully saturated rings. The van der Waals surface area contributed by atoms with E-state index in [4.69, 9.17) is 0 Å². The standard InChI is InChI=1S/C13H19FN2S/c14-12-2-4-13(5-3-12)16-9-7-15(8-10-16)6-1-11-17/h2-5,17H,1,6-11H2. The van der Waals surface area contributed by atoms with Crippen molar-refractivity contribution < 1.29 is 4.39 Å². The van der Waals surface area contributed by atoms with Gasteiger partial charge in [0.1, 0.15) is 5.82 Å². The summed E-state index contributed by atoms with van der Waals surface area (Å²) in [6.45, 7) is 5.37. The molecule has 0 spiro atoms. The van der Waals surface area contributed by atoms with Crippen molar-refractivity contribution in [1.29, 1.82) is 0 Å². The molecule has 0 bridgehead atoms. The predicted molar refractivity (Wildman–Crippen MR) is 73.5 cm³/mol. The Bertz CT molecular complexity index is 334. The molecule has 0 aliphatic carbocycles. The molecule has 1 heterocycles. The minimum absolute atomic E-state index is 0.166. The fraction of sp³-hybridized carbons (Fsp3) is 0.538. The molecule has 17 heavy (non-hydrogen) atoms. The van der Waals surface area contributed by atoms with Crippen LogP contribution in [0.4, 0.5) is 10.1 Å². The van der Waals surface area contributed by atoms with Crippen LogP contribution >= 0.6 is 12.6 Å². The zero-order valence-electron chi connectivity index (χ0n) is 9.98. The van der Waals surface area contributed by atoms with Gasteiger partial charge < -0.3 is 4.90 Å².